The Kier molecular flexibility index (Phi) is 4.73. The molecule has 1 amide bonds. The Morgan fingerprint density at radius 3 is 2.57 bits per heavy atom. The van der Waals surface area contributed by atoms with Crippen LogP contribution in [0.3, 0.4) is 0 Å². The minimum atomic E-state index is 0.187. The number of hydrogen-bond donors (Lipinski definition) is 0. The fraction of sp³-hybridized carbons (Fsp3) is 0.909. The predicted molar refractivity (Wildman–Crippen MR) is 59.5 cm³/mol. The van der Waals surface area contributed by atoms with E-state index in [2.05, 4.69) is 6.92 Å². The lowest BCUT2D eigenvalue weighted by molar-refractivity contribution is -0.136. The zero-order chi connectivity index (χ0) is 10.6. The van der Waals surface area contributed by atoms with E-state index in [1.807, 2.05) is 11.8 Å². The fourth-order valence-electron chi connectivity index (χ4n) is 1.94. The van der Waals surface area contributed by atoms with Crippen molar-refractivity contribution in [1.29, 1.82) is 0 Å². The van der Waals surface area contributed by atoms with E-state index in [0.29, 0.717) is 5.91 Å². The summed E-state index contributed by atoms with van der Waals surface area (Å²) in [6.45, 7) is 5.84. The zero-order valence-electron chi connectivity index (χ0n) is 9.13. The second kappa shape index (κ2) is 5.59. The normalized spacial score (nSPS) is 20.9. The highest BCUT2D eigenvalue weighted by atomic mass is 35.5. The number of hydrogen-bond acceptors (Lipinski definition) is 1. The number of carbonyl (C=O) groups is 1. The van der Waals surface area contributed by atoms with Crippen molar-refractivity contribution in [2.45, 2.75) is 44.9 Å². The van der Waals surface area contributed by atoms with Gasteiger partial charge in [0.05, 0.1) is 0 Å². The molecule has 0 spiro atoms. The highest BCUT2D eigenvalue weighted by Gasteiger charge is 2.24. The summed E-state index contributed by atoms with van der Waals surface area (Å²) in [5.74, 6) is 0.502. The molecule has 1 aliphatic rings. The molecular weight excluding hydrogens is 198 g/mol. The highest BCUT2D eigenvalue weighted by Crippen LogP contribution is 2.18. The second-order valence-electron chi connectivity index (χ2n) is 4.19. The number of likely N-dealkylation sites (tertiary alicyclic amines) is 1. The molecule has 3 heteroatoms. The first-order valence-electron chi connectivity index (χ1n) is 5.58. The minimum Gasteiger partial charge on any atom is -0.342 e. The summed E-state index contributed by atoms with van der Waals surface area (Å²) in [4.78, 5) is 13.8. The van der Waals surface area contributed by atoms with Gasteiger partial charge in [0.25, 0.3) is 0 Å². The van der Waals surface area contributed by atoms with Crippen molar-refractivity contribution >= 4 is 17.5 Å². The zero-order valence-corrected chi connectivity index (χ0v) is 9.89. The summed E-state index contributed by atoms with van der Waals surface area (Å²) in [5, 5.41) is 0.278. The molecule has 0 aromatic carbocycles. The lowest BCUT2D eigenvalue weighted by atomic mass is 10.0. The molecule has 2 nitrogen and oxygen atoms in total. The van der Waals surface area contributed by atoms with Gasteiger partial charge in [-0.1, -0.05) is 20.3 Å². The van der Waals surface area contributed by atoms with Crippen LogP contribution in [-0.4, -0.2) is 29.3 Å². The number of halogens is 1. The van der Waals surface area contributed by atoms with Crippen LogP contribution < -0.4 is 0 Å². The van der Waals surface area contributed by atoms with Crippen LogP contribution in [0.25, 0.3) is 0 Å². The topological polar surface area (TPSA) is 20.3 Å². The first-order valence-corrected chi connectivity index (χ1v) is 6.01. The van der Waals surface area contributed by atoms with Crippen LogP contribution in [0.15, 0.2) is 0 Å². The third-order valence-electron chi connectivity index (χ3n) is 2.88. The Morgan fingerprint density at radius 2 is 2.07 bits per heavy atom. The van der Waals surface area contributed by atoms with Gasteiger partial charge in [0, 0.05) is 24.4 Å². The molecule has 0 aromatic rings. The Morgan fingerprint density at radius 1 is 1.50 bits per heavy atom. The van der Waals surface area contributed by atoms with Gasteiger partial charge in [0.1, 0.15) is 0 Å². The van der Waals surface area contributed by atoms with Gasteiger partial charge in [-0.25, -0.2) is 0 Å². The van der Waals surface area contributed by atoms with E-state index in [4.69, 9.17) is 11.6 Å². The molecule has 0 N–H and O–H groups in total. The molecule has 0 radical (unpaired) electrons. The summed E-state index contributed by atoms with van der Waals surface area (Å²) in [6, 6.07) is 0. The molecule has 0 bridgehead atoms. The van der Waals surface area contributed by atoms with Crippen molar-refractivity contribution < 1.29 is 4.79 Å². The van der Waals surface area contributed by atoms with Gasteiger partial charge in [-0.2, -0.15) is 0 Å². The number of alkyl halides is 1. The van der Waals surface area contributed by atoms with Gasteiger partial charge in [0.15, 0.2) is 0 Å². The molecule has 1 aliphatic heterocycles. The predicted octanol–water partition coefficient (Wildman–Crippen LogP) is 2.65. The van der Waals surface area contributed by atoms with E-state index in [1.54, 1.807) is 0 Å². The highest BCUT2D eigenvalue weighted by molar-refractivity contribution is 6.20. The molecule has 1 fully saturated rings. The quantitative estimate of drug-likeness (QED) is 0.666. The van der Waals surface area contributed by atoms with E-state index in [-0.39, 0.29) is 11.3 Å². The average Bonchev–Trinajstić information content (AvgIpc) is 2.18. The van der Waals surface area contributed by atoms with Crippen molar-refractivity contribution in [3.05, 3.63) is 0 Å². The number of nitrogens with zero attached hydrogens (tertiary/aromatic N) is 1. The first kappa shape index (κ1) is 11.8. The standard InChI is InChI=1S/C11H20ClNO/c1-3-4-9(2)11(14)13-7-5-10(12)6-8-13/h9-10H,3-8H2,1-2H3. The Balaban J connectivity index is 2.37. The maximum absolute atomic E-state index is 11.9. The molecule has 1 atom stereocenters. The van der Waals surface area contributed by atoms with Crippen molar-refractivity contribution in [3.8, 4) is 0 Å². The SMILES string of the molecule is CCCC(C)C(=O)N1CCC(Cl)CC1. The Hall–Kier alpha value is -0.240. The molecule has 0 saturated carbocycles. The van der Waals surface area contributed by atoms with Crippen LogP contribution in [0.2, 0.25) is 0 Å². The van der Waals surface area contributed by atoms with Crippen LogP contribution in [0.5, 0.6) is 0 Å². The smallest absolute Gasteiger partial charge is 0.225 e. The largest absolute Gasteiger partial charge is 0.342 e. The molecule has 1 unspecified atom stereocenters. The summed E-state index contributed by atoms with van der Waals surface area (Å²) in [5.41, 5.74) is 0. The van der Waals surface area contributed by atoms with E-state index in [1.165, 1.54) is 0 Å². The van der Waals surface area contributed by atoms with Crippen LogP contribution in [-0.2, 0) is 4.79 Å². The van der Waals surface area contributed by atoms with Gasteiger partial charge < -0.3 is 4.90 Å². The molecule has 1 heterocycles. The summed E-state index contributed by atoms with van der Waals surface area (Å²) in [7, 11) is 0. The van der Waals surface area contributed by atoms with Crippen LogP contribution in [0, 0.1) is 5.92 Å². The second-order valence-corrected chi connectivity index (χ2v) is 4.81. The fourth-order valence-corrected chi connectivity index (χ4v) is 2.13. The number of amides is 1. The minimum absolute atomic E-state index is 0.187. The van der Waals surface area contributed by atoms with Gasteiger partial charge in [0.2, 0.25) is 5.91 Å². The number of piperidine rings is 1. The summed E-state index contributed by atoms with van der Waals surface area (Å²) >= 11 is 5.99. The van der Waals surface area contributed by atoms with E-state index < -0.39 is 0 Å². The Bertz CT molecular complexity index is 188. The molecule has 0 aliphatic carbocycles. The van der Waals surface area contributed by atoms with Crippen LogP contribution >= 0.6 is 11.6 Å². The van der Waals surface area contributed by atoms with Crippen LogP contribution in [0.4, 0.5) is 0 Å². The third-order valence-corrected chi connectivity index (χ3v) is 3.32. The average molecular weight is 218 g/mol. The van der Waals surface area contributed by atoms with Crippen molar-refractivity contribution in [2.24, 2.45) is 5.92 Å². The van der Waals surface area contributed by atoms with Gasteiger partial charge in [-0.05, 0) is 19.3 Å². The van der Waals surface area contributed by atoms with E-state index >= 15 is 0 Å². The van der Waals surface area contributed by atoms with Crippen molar-refractivity contribution in [2.75, 3.05) is 13.1 Å². The maximum Gasteiger partial charge on any atom is 0.225 e. The molecule has 0 aromatic heterocycles. The van der Waals surface area contributed by atoms with Gasteiger partial charge >= 0.3 is 0 Å². The molecule has 14 heavy (non-hydrogen) atoms. The van der Waals surface area contributed by atoms with Gasteiger partial charge in [-0.15, -0.1) is 11.6 Å². The summed E-state index contributed by atoms with van der Waals surface area (Å²) in [6.07, 6.45) is 3.98. The van der Waals surface area contributed by atoms with Crippen molar-refractivity contribution in [3.63, 3.8) is 0 Å². The van der Waals surface area contributed by atoms with Crippen molar-refractivity contribution in [1.82, 2.24) is 4.90 Å². The Labute approximate surface area is 91.6 Å². The lowest BCUT2D eigenvalue weighted by Gasteiger charge is -2.31. The monoisotopic (exact) mass is 217 g/mol. The third kappa shape index (κ3) is 3.16. The molecule has 1 saturated heterocycles. The van der Waals surface area contributed by atoms with E-state index in [0.717, 1.165) is 38.8 Å². The number of carbonyl (C=O) groups excluding carboxylic acids is 1. The maximum atomic E-state index is 11.9. The lowest BCUT2D eigenvalue weighted by Crippen LogP contribution is -2.41. The van der Waals surface area contributed by atoms with Gasteiger partial charge in [-0.3, -0.25) is 4.79 Å². The number of rotatable bonds is 3. The first-order chi connectivity index (χ1) is 6.65. The molecule has 82 valence electrons. The molecule has 1 rings (SSSR count). The summed E-state index contributed by atoms with van der Waals surface area (Å²) < 4.78 is 0. The van der Waals surface area contributed by atoms with Crippen LogP contribution in [0.1, 0.15) is 39.5 Å². The molecular formula is C11H20ClNO. The van der Waals surface area contributed by atoms with E-state index in [9.17, 15) is 4.79 Å².